The third kappa shape index (κ3) is 3.09. The monoisotopic (exact) mass is 251 g/mol. The summed E-state index contributed by atoms with van der Waals surface area (Å²) in [5, 5.41) is 12.9. The Morgan fingerprint density at radius 3 is 2.89 bits per heavy atom. The van der Waals surface area contributed by atoms with E-state index in [4.69, 9.17) is 5.11 Å². The predicted octanol–water partition coefficient (Wildman–Crippen LogP) is 0.596. The van der Waals surface area contributed by atoms with Crippen molar-refractivity contribution in [2.45, 2.75) is 25.8 Å². The van der Waals surface area contributed by atoms with Crippen molar-refractivity contribution in [1.82, 2.24) is 14.7 Å². The lowest BCUT2D eigenvalue weighted by Gasteiger charge is -2.15. The number of hydrogen-bond donors (Lipinski definition) is 1. The molecule has 18 heavy (non-hydrogen) atoms. The largest absolute Gasteiger partial charge is 0.481 e. The molecule has 0 radical (unpaired) electrons. The molecule has 2 rings (SSSR count). The summed E-state index contributed by atoms with van der Waals surface area (Å²) in [6.07, 6.45) is 5.32. The van der Waals surface area contributed by atoms with Crippen molar-refractivity contribution in [2.75, 3.05) is 13.1 Å². The van der Waals surface area contributed by atoms with Gasteiger partial charge in [0.15, 0.2) is 0 Å². The maximum atomic E-state index is 11.8. The fourth-order valence-electron chi connectivity index (χ4n) is 2.17. The van der Waals surface area contributed by atoms with Crippen molar-refractivity contribution in [3.63, 3.8) is 0 Å². The fourth-order valence-corrected chi connectivity index (χ4v) is 2.17. The molecule has 1 aromatic heterocycles. The summed E-state index contributed by atoms with van der Waals surface area (Å²) >= 11 is 0. The number of carboxylic acids is 1. The number of carbonyl (C=O) groups is 2. The van der Waals surface area contributed by atoms with Gasteiger partial charge in [-0.1, -0.05) is 0 Å². The van der Waals surface area contributed by atoms with Crippen LogP contribution < -0.4 is 0 Å². The van der Waals surface area contributed by atoms with Crippen LogP contribution >= 0.6 is 0 Å². The highest BCUT2D eigenvalue weighted by atomic mass is 16.4. The molecule has 6 nitrogen and oxygen atoms in total. The van der Waals surface area contributed by atoms with Crippen molar-refractivity contribution < 1.29 is 14.7 Å². The lowest BCUT2D eigenvalue weighted by molar-refractivity contribution is -0.141. The minimum absolute atomic E-state index is 0.0471. The number of aliphatic carboxylic acids is 1. The molecule has 1 fully saturated rings. The van der Waals surface area contributed by atoms with Crippen LogP contribution in [0.5, 0.6) is 0 Å². The van der Waals surface area contributed by atoms with E-state index in [2.05, 4.69) is 5.10 Å². The van der Waals surface area contributed by atoms with Crippen molar-refractivity contribution in [2.24, 2.45) is 5.92 Å². The third-order valence-electron chi connectivity index (χ3n) is 3.23. The Labute approximate surface area is 105 Å². The van der Waals surface area contributed by atoms with Crippen molar-refractivity contribution >= 4 is 11.9 Å². The third-order valence-corrected chi connectivity index (χ3v) is 3.23. The summed E-state index contributed by atoms with van der Waals surface area (Å²) in [6, 6.07) is 1.85. The van der Waals surface area contributed by atoms with Crippen LogP contribution in [-0.4, -0.2) is 44.8 Å². The second kappa shape index (κ2) is 5.66. The van der Waals surface area contributed by atoms with E-state index in [1.54, 1.807) is 15.8 Å². The summed E-state index contributed by atoms with van der Waals surface area (Å²) in [5.41, 5.74) is 0. The number of amides is 1. The average molecular weight is 251 g/mol. The van der Waals surface area contributed by atoms with Crippen LogP contribution in [0.1, 0.15) is 19.3 Å². The van der Waals surface area contributed by atoms with Gasteiger partial charge in [-0.05, 0) is 18.9 Å². The second-order valence-electron chi connectivity index (χ2n) is 4.54. The minimum atomic E-state index is -0.804. The van der Waals surface area contributed by atoms with Crippen LogP contribution in [0.2, 0.25) is 0 Å². The van der Waals surface area contributed by atoms with E-state index >= 15 is 0 Å². The highest BCUT2D eigenvalue weighted by Gasteiger charge is 2.30. The number of hydrogen-bond acceptors (Lipinski definition) is 3. The second-order valence-corrected chi connectivity index (χ2v) is 4.54. The number of carbonyl (C=O) groups excluding carboxylic acids is 1. The zero-order chi connectivity index (χ0) is 13.0. The van der Waals surface area contributed by atoms with Gasteiger partial charge in [0, 0.05) is 38.4 Å². The number of aryl methyl sites for hydroxylation is 1. The summed E-state index contributed by atoms with van der Waals surface area (Å²) in [5.74, 6) is -1.15. The van der Waals surface area contributed by atoms with Gasteiger partial charge in [0.1, 0.15) is 0 Å². The lowest BCUT2D eigenvalue weighted by atomic mass is 10.1. The van der Waals surface area contributed by atoms with Crippen LogP contribution in [0.4, 0.5) is 0 Å². The molecule has 1 saturated heterocycles. The highest BCUT2D eigenvalue weighted by Crippen LogP contribution is 2.17. The number of carboxylic acid groups (broad SMARTS) is 1. The lowest BCUT2D eigenvalue weighted by Crippen LogP contribution is -2.29. The van der Waals surface area contributed by atoms with Gasteiger partial charge in [-0.15, -0.1) is 0 Å². The van der Waals surface area contributed by atoms with Crippen molar-refractivity contribution in [3.8, 4) is 0 Å². The quantitative estimate of drug-likeness (QED) is 0.831. The minimum Gasteiger partial charge on any atom is -0.481 e. The van der Waals surface area contributed by atoms with E-state index < -0.39 is 5.97 Å². The fraction of sp³-hybridized carbons (Fsp3) is 0.583. The zero-order valence-electron chi connectivity index (χ0n) is 10.2. The van der Waals surface area contributed by atoms with Gasteiger partial charge in [-0.3, -0.25) is 14.3 Å². The molecule has 0 bridgehead atoms. The van der Waals surface area contributed by atoms with Crippen molar-refractivity contribution in [1.29, 1.82) is 0 Å². The molecule has 0 spiro atoms. The number of rotatable bonds is 5. The molecule has 0 aliphatic carbocycles. The molecular weight excluding hydrogens is 234 g/mol. The van der Waals surface area contributed by atoms with Gasteiger partial charge >= 0.3 is 5.97 Å². The maximum absolute atomic E-state index is 11.8. The SMILES string of the molecule is O=C(O)C1CCN(C(=O)CCCn2cccn2)C1. The molecular formula is C12H17N3O3. The molecule has 1 unspecified atom stereocenters. The van der Waals surface area contributed by atoms with Crippen molar-refractivity contribution in [3.05, 3.63) is 18.5 Å². The molecule has 1 aliphatic heterocycles. The predicted molar refractivity (Wildman–Crippen MR) is 63.8 cm³/mol. The van der Waals surface area contributed by atoms with Crippen LogP contribution in [0.25, 0.3) is 0 Å². The molecule has 0 aromatic carbocycles. The molecule has 1 atom stereocenters. The highest BCUT2D eigenvalue weighted by molar-refractivity contribution is 5.78. The molecule has 0 saturated carbocycles. The molecule has 1 N–H and O–H groups in total. The van der Waals surface area contributed by atoms with Crippen LogP contribution in [0, 0.1) is 5.92 Å². The maximum Gasteiger partial charge on any atom is 0.308 e. The van der Waals surface area contributed by atoms with E-state index in [1.165, 1.54) is 0 Å². The van der Waals surface area contributed by atoms with E-state index in [-0.39, 0.29) is 11.8 Å². The van der Waals surface area contributed by atoms with Crippen LogP contribution in [0.3, 0.4) is 0 Å². The van der Waals surface area contributed by atoms with Gasteiger partial charge in [0.2, 0.25) is 5.91 Å². The topological polar surface area (TPSA) is 75.4 Å². The molecule has 2 heterocycles. The average Bonchev–Trinajstić information content (AvgIpc) is 2.99. The standard InChI is InChI=1S/C12H17N3O3/c16-11(3-1-6-15-7-2-5-13-15)14-8-4-10(9-14)12(17)18/h2,5,7,10H,1,3-4,6,8-9H2,(H,17,18). The van der Waals surface area contributed by atoms with Gasteiger partial charge in [0.25, 0.3) is 0 Å². The molecule has 1 aliphatic rings. The van der Waals surface area contributed by atoms with Crippen LogP contribution in [-0.2, 0) is 16.1 Å². The number of likely N-dealkylation sites (tertiary alicyclic amines) is 1. The Kier molecular flexibility index (Phi) is 3.96. The Morgan fingerprint density at radius 1 is 1.44 bits per heavy atom. The summed E-state index contributed by atoms with van der Waals surface area (Å²) in [4.78, 5) is 24.3. The Balaban J connectivity index is 1.71. The summed E-state index contributed by atoms with van der Waals surface area (Å²) < 4.78 is 1.79. The zero-order valence-corrected chi connectivity index (χ0v) is 10.2. The number of aromatic nitrogens is 2. The van der Waals surface area contributed by atoms with E-state index in [1.807, 2.05) is 12.3 Å². The molecule has 98 valence electrons. The molecule has 6 heteroatoms. The van der Waals surface area contributed by atoms with Gasteiger partial charge in [-0.2, -0.15) is 5.10 Å². The number of nitrogens with zero attached hydrogens (tertiary/aromatic N) is 3. The summed E-state index contributed by atoms with van der Waals surface area (Å²) in [7, 11) is 0. The normalized spacial score (nSPS) is 19.1. The Bertz CT molecular complexity index is 416. The van der Waals surface area contributed by atoms with Gasteiger partial charge in [0.05, 0.1) is 5.92 Å². The summed E-state index contributed by atoms with van der Waals surface area (Å²) in [6.45, 7) is 1.64. The molecule has 1 aromatic rings. The first-order chi connectivity index (χ1) is 8.66. The first-order valence-electron chi connectivity index (χ1n) is 6.15. The smallest absolute Gasteiger partial charge is 0.308 e. The Hall–Kier alpha value is -1.85. The molecule has 1 amide bonds. The van der Waals surface area contributed by atoms with Crippen LogP contribution in [0.15, 0.2) is 18.5 Å². The van der Waals surface area contributed by atoms with E-state index in [0.717, 1.165) is 13.0 Å². The first kappa shape index (κ1) is 12.6. The van der Waals surface area contributed by atoms with E-state index in [0.29, 0.717) is 25.9 Å². The van der Waals surface area contributed by atoms with E-state index in [9.17, 15) is 9.59 Å². The Morgan fingerprint density at radius 2 is 2.28 bits per heavy atom. The van der Waals surface area contributed by atoms with Gasteiger partial charge in [-0.25, -0.2) is 0 Å². The van der Waals surface area contributed by atoms with Gasteiger partial charge < -0.3 is 10.0 Å². The first-order valence-corrected chi connectivity index (χ1v) is 6.15.